The summed E-state index contributed by atoms with van der Waals surface area (Å²) in [6, 6.07) is 5.09. The van der Waals surface area contributed by atoms with E-state index in [-0.39, 0.29) is 24.0 Å². The van der Waals surface area contributed by atoms with E-state index in [9.17, 15) is 14.4 Å². The number of nitrogens with zero attached hydrogens (tertiary/aromatic N) is 4. The summed E-state index contributed by atoms with van der Waals surface area (Å²) in [6.07, 6.45) is 4.35. The van der Waals surface area contributed by atoms with Crippen LogP contribution in [0.1, 0.15) is 19.3 Å². The summed E-state index contributed by atoms with van der Waals surface area (Å²) >= 11 is 0. The van der Waals surface area contributed by atoms with Gasteiger partial charge < -0.3 is 10.2 Å². The van der Waals surface area contributed by atoms with Crippen LogP contribution in [0.3, 0.4) is 0 Å². The van der Waals surface area contributed by atoms with Gasteiger partial charge in [-0.25, -0.2) is 9.48 Å². The molecule has 0 bridgehead atoms. The first kappa shape index (κ1) is 14.0. The van der Waals surface area contributed by atoms with Crippen molar-refractivity contribution in [1.29, 1.82) is 0 Å². The van der Waals surface area contributed by atoms with E-state index in [4.69, 9.17) is 0 Å². The largest absolute Gasteiger partial charge is 0.350 e. The van der Waals surface area contributed by atoms with E-state index < -0.39 is 6.04 Å². The Morgan fingerprint density at radius 3 is 2.83 bits per heavy atom. The van der Waals surface area contributed by atoms with Gasteiger partial charge in [-0.05, 0) is 31.4 Å². The van der Waals surface area contributed by atoms with E-state index >= 15 is 0 Å². The lowest BCUT2D eigenvalue weighted by Gasteiger charge is -2.16. The average Bonchev–Trinajstić information content (AvgIpc) is 3.25. The number of carbonyl (C=O) groups is 2. The monoisotopic (exact) mass is 315 g/mol. The second-order valence-electron chi connectivity index (χ2n) is 6.04. The molecule has 2 aliphatic rings. The van der Waals surface area contributed by atoms with Crippen molar-refractivity contribution in [3.63, 3.8) is 0 Å². The van der Waals surface area contributed by atoms with Gasteiger partial charge in [0.25, 0.3) is 0 Å². The van der Waals surface area contributed by atoms with Gasteiger partial charge in [-0.3, -0.25) is 14.0 Å². The first-order valence-corrected chi connectivity index (χ1v) is 7.77. The van der Waals surface area contributed by atoms with Crippen molar-refractivity contribution >= 4 is 17.5 Å². The molecule has 2 aromatic heterocycles. The summed E-state index contributed by atoms with van der Waals surface area (Å²) in [5.74, 6) is -0.380. The molecule has 1 N–H and O–H groups in total. The van der Waals surface area contributed by atoms with Crippen LogP contribution in [0.5, 0.6) is 0 Å². The number of hydrogen-bond acceptors (Lipinski definition) is 4. The van der Waals surface area contributed by atoms with Crippen LogP contribution in [-0.4, -0.2) is 49.5 Å². The Labute approximate surface area is 131 Å². The molecule has 2 aromatic rings. The molecule has 120 valence electrons. The molecule has 2 amide bonds. The van der Waals surface area contributed by atoms with Crippen molar-refractivity contribution in [3.05, 3.63) is 34.9 Å². The molecular weight excluding hydrogens is 298 g/mol. The molecule has 1 aliphatic carbocycles. The van der Waals surface area contributed by atoms with Crippen molar-refractivity contribution in [1.82, 2.24) is 24.4 Å². The molecule has 0 aromatic carbocycles. The van der Waals surface area contributed by atoms with Crippen LogP contribution >= 0.6 is 0 Å². The predicted molar refractivity (Wildman–Crippen MR) is 80.7 cm³/mol. The van der Waals surface area contributed by atoms with Gasteiger partial charge in [-0.2, -0.15) is 0 Å². The molecule has 23 heavy (non-hydrogen) atoms. The standard InChI is InChI=1S/C15H17N5O3/c21-13(16-11-6-8-18(14(11)22)10-4-5-10)9-20-15(23)19-7-2-1-3-12(19)17-20/h1-3,7,10-11H,4-6,8-9H2,(H,16,21)/t11-/m1/s1. The quantitative estimate of drug-likeness (QED) is 0.814. The number of amides is 2. The number of pyridine rings is 1. The topological polar surface area (TPSA) is 88.7 Å². The minimum atomic E-state index is -0.476. The highest BCUT2D eigenvalue weighted by Gasteiger charge is 2.40. The molecule has 0 spiro atoms. The molecule has 2 fully saturated rings. The zero-order chi connectivity index (χ0) is 16.0. The third-order valence-electron chi connectivity index (χ3n) is 4.34. The molecule has 4 rings (SSSR count). The minimum absolute atomic E-state index is 0.0109. The number of aromatic nitrogens is 3. The van der Waals surface area contributed by atoms with Crippen LogP contribution in [-0.2, 0) is 16.1 Å². The van der Waals surface area contributed by atoms with Crippen LogP contribution in [0.4, 0.5) is 0 Å². The predicted octanol–water partition coefficient (Wildman–Crippen LogP) is -0.624. The third kappa shape index (κ3) is 2.49. The summed E-state index contributed by atoms with van der Waals surface area (Å²) in [4.78, 5) is 38.3. The highest BCUT2D eigenvalue weighted by molar-refractivity contribution is 5.89. The molecule has 0 unspecified atom stereocenters. The smallest absolute Gasteiger partial charge is 0.343 e. The molecule has 8 heteroatoms. The van der Waals surface area contributed by atoms with Crippen LogP contribution < -0.4 is 11.0 Å². The Morgan fingerprint density at radius 1 is 1.26 bits per heavy atom. The normalized spacial score (nSPS) is 21.1. The fourth-order valence-electron chi connectivity index (χ4n) is 3.03. The summed E-state index contributed by atoms with van der Waals surface area (Å²) in [7, 11) is 0. The highest BCUT2D eigenvalue weighted by Crippen LogP contribution is 2.30. The second-order valence-corrected chi connectivity index (χ2v) is 6.04. The van der Waals surface area contributed by atoms with E-state index in [0.29, 0.717) is 24.7 Å². The van der Waals surface area contributed by atoms with E-state index in [1.807, 2.05) is 4.90 Å². The zero-order valence-corrected chi connectivity index (χ0v) is 12.5. The molecule has 3 heterocycles. The fourth-order valence-corrected chi connectivity index (χ4v) is 3.03. The van der Waals surface area contributed by atoms with Gasteiger partial charge in [-0.1, -0.05) is 6.07 Å². The first-order chi connectivity index (χ1) is 11.1. The maximum Gasteiger partial charge on any atom is 0.350 e. The third-order valence-corrected chi connectivity index (χ3v) is 4.34. The Morgan fingerprint density at radius 2 is 2.09 bits per heavy atom. The van der Waals surface area contributed by atoms with E-state index in [0.717, 1.165) is 17.5 Å². The summed E-state index contributed by atoms with van der Waals surface area (Å²) < 4.78 is 2.49. The van der Waals surface area contributed by atoms with Crippen molar-refractivity contribution in [3.8, 4) is 0 Å². The van der Waals surface area contributed by atoms with E-state index in [1.165, 1.54) is 4.40 Å². The van der Waals surface area contributed by atoms with Gasteiger partial charge in [0.05, 0.1) is 0 Å². The van der Waals surface area contributed by atoms with Crippen molar-refractivity contribution in [2.24, 2.45) is 0 Å². The van der Waals surface area contributed by atoms with Crippen LogP contribution in [0, 0.1) is 0 Å². The molecule has 1 saturated heterocycles. The first-order valence-electron chi connectivity index (χ1n) is 7.77. The number of likely N-dealkylation sites (tertiary alicyclic amines) is 1. The Kier molecular flexibility index (Phi) is 3.17. The SMILES string of the molecule is O=C(Cn1nc2ccccn2c1=O)N[C@@H]1CCN(C2CC2)C1=O. The van der Waals surface area contributed by atoms with Crippen LogP contribution in [0.25, 0.3) is 5.65 Å². The fraction of sp³-hybridized carbons (Fsp3) is 0.467. The minimum Gasteiger partial charge on any atom is -0.343 e. The maximum absolute atomic E-state index is 12.2. The van der Waals surface area contributed by atoms with Crippen LogP contribution in [0.15, 0.2) is 29.2 Å². The van der Waals surface area contributed by atoms with E-state index in [2.05, 4.69) is 10.4 Å². The molecule has 0 radical (unpaired) electrons. The summed E-state index contributed by atoms with van der Waals surface area (Å²) in [5, 5.41) is 6.83. The molecule has 1 saturated carbocycles. The summed E-state index contributed by atoms with van der Waals surface area (Å²) in [6.45, 7) is 0.510. The van der Waals surface area contributed by atoms with Gasteiger partial charge in [0.15, 0.2) is 5.65 Å². The number of nitrogens with one attached hydrogen (secondary N) is 1. The van der Waals surface area contributed by atoms with Crippen molar-refractivity contribution in [2.75, 3.05) is 6.54 Å². The van der Waals surface area contributed by atoms with Crippen LogP contribution in [0.2, 0.25) is 0 Å². The Balaban J connectivity index is 1.44. The molecule has 1 atom stereocenters. The van der Waals surface area contributed by atoms with Gasteiger partial charge in [-0.15, -0.1) is 5.10 Å². The van der Waals surface area contributed by atoms with Gasteiger partial charge in [0, 0.05) is 18.8 Å². The number of rotatable bonds is 4. The highest BCUT2D eigenvalue weighted by atomic mass is 16.2. The second kappa shape index (κ2) is 5.22. The number of hydrogen-bond donors (Lipinski definition) is 1. The van der Waals surface area contributed by atoms with Crippen molar-refractivity contribution < 1.29 is 9.59 Å². The molecule has 1 aliphatic heterocycles. The van der Waals surface area contributed by atoms with Crippen molar-refractivity contribution in [2.45, 2.75) is 37.9 Å². The van der Waals surface area contributed by atoms with Gasteiger partial charge in [0.2, 0.25) is 11.8 Å². The van der Waals surface area contributed by atoms with Gasteiger partial charge >= 0.3 is 5.69 Å². The molecular formula is C15H17N5O3. The molecule has 8 nitrogen and oxygen atoms in total. The lowest BCUT2D eigenvalue weighted by Crippen LogP contribution is -2.44. The average molecular weight is 315 g/mol. The maximum atomic E-state index is 12.2. The Hall–Kier alpha value is -2.64. The van der Waals surface area contributed by atoms with Gasteiger partial charge in [0.1, 0.15) is 12.6 Å². The number of carbonyl (C=O) groups excluding carboxylic acids is 2. The summed E-state index contributed by atoms with van der Waals surface area (Å²) in [5.41, 5.74) is 0.121. The zero-order valence-electron chi connectivity index (χ0n) is 12.5. The lowest BCUT2D eigenvalue weighted by molar-refractivity contribution is -0.133. The lowest BCUT2D eigenvalue weighted by atomic mass is 10.2. The van der Waals surface area contributed by atoms with E-state index in [1.54, 1.807) is 24.4 Å². The Bertz CT molecular complexity index is 835. The number of fused-ring (bicyclic) bond motifs is 1.